The lowest BCUT2D eigenvalue weighted by molar-refractivity contribution is 0.107. The Balaban J connectivity index is 1.46. The molecule has 1 aromatic rings. The highest BCUT2D eigenvalue weighted by Gasteiger charge is 2.28. The van der Waals surface area contributed by atoms with Gasteiger partial charge in [0.05, 0.1) is 6.04 Å². The lowest BCUT2D eigenvalue weighted by atomic mass is 9.86. The highest BCUT2D eigenvalue weighted by atomic mass is 16.3. The number of aromatic hydroxyl groups is 1. The van der Waals surface area contributed by atoms with Crippen LogP contribution in [0.15, 0.2) is 29.3 Å². The minimum atomic E-state index is 0.294. The number of nitrogens with zero attached hydrogens (tertiary/aromatic N) is 3. The molecule has 0 aromatic heterocycles. The molecule has 2 unspecified atom stereocenters. The summed E-state index contributed by atoms with van der Waals surface area (Å²) < 4.78 is 0. The highest BCUT2D eigenvalue weighted by molar-refractivity contribution is 5.94. The van der Waals surface area contributed by atoms with Crippen molar-refractivity contribution in [1.82, 2.24) is 9.80 Å². The summed E-state index contributed by atoms with van der Waals surface area (Å²) in [5.74, 6) is 1.94. The summed E-state index contributed by atoms with van der Waals surface area (Å²) in [6, 6.07) is 8.60. The van der Waals surface area contributed by atoms with Crippen LogP contribution in [-0.4, -0.2) is 59.1 Å². The van der Waals surface area contributed by atoms with E-state index in [0.717, 1.165) is 43.9 Å². The SMILES string of the molecule is CC1CCCCC1N=C(Nc1cccc(O)c1)N1CCN(C2CCCCC2)CC1. The zero-order chi connectivity index (χ0) is 20.1. The second kappa shape index (κ2) is 9.84. The summed E-state index contributed by atoms with van der Waals surface area (Å²) in [6.07, 6.45) is 12.1. The van der Waals surface area contributed by atoms with Gasteiger partial charge in [0.2, 0.25) is 0 Å². The van der Waals surface area contributed by atoms with Crippen molar-refractivity contribution in [3.05, 3.63) is 24.3 Å². The number of aliphatic imine (C=N–C) groups is 1. The number of phenolic OH excluding ortho intramolecular Hbond substituents is 1. The Labute approximate surface area is 176 Å². The third-order valence-electron chi connectivity index (χ3n) is 7.16. The van der Waals surface area contributed by atoms with Crippen LogP contribution in [0.4, 0.5) is 5.69 Å². The van der Waals surface area contributed by atoms with Crippen molar-refractivity contribution in [2.45, 2.75) is 76.8 Å². The normalized spacial score (nSPS) is 27.8. The molecule has 0 amide bonds. The van der Waals surface area contributed by atoms with E-state index in [2.05, 4.69) is 22.0 Å². The number of nitrogens with one attached hydrogen (secondary N) is 1. The van der Waals surface area contributed by atoms with Gasteiger partial charge in [-0.25, -0.2) is 4.99 Å². The van der Waals surface area contributed by atoms with Gasteiger partial charge in [-0.3, -0.25) is 4.90 Å². The van der Waals surface area contributed by atoms with E-state index in [-0.39, 0.29) is 0 Å². The van der Waals surface area contributed by atoms with E-state index in [0.29, 0.717) is 17.7 Å². The van der Waals surface area contributed by atoms with Gasteiger partial charge in [0.1, 0.15) is 5.75 Å². The van der Waals surface area contributed by atoms with Gasteiger partial charge in [-0.2, -0.15) is 0 Å². The molecule has 5 nitrogen and oxygen atoms in total. The van der Waals surface area contributed by atoms with Crippen molar-refractivity contribution in [2.24, 2.45) is 10.9 Å². The Morgan fingerprint density at radius 1 is 0.966 bits per heavy atom. The molecule has 3 fully saturated rings. The number of hydrogen-bond donors (Lipinski definition) is 2. The minimum absolute atomic E-state index is 0.294. The van der Waals surface area contributed by atoms with E-state index in [1.165, 1.54) is 57.8 Å². The standard InChI is InChI=1S/C24H38N4O/c1-19-8-5-6-13-23(19)26-24(25-20-9-7-12-22(29)18-20)28-16-14-27(15-17-28)21-10-3-2-4-11-21/h7,9,12,18-19,21,23,29H,2-6,8,10-11,13-17H2,1H3,(H,25,26). The number of guanidine groups is 1. The molecule has 2 saturated carbocycles. The van der Waals surface area contributed by atoms with Crippen molar-refractivity contribution >= 4 is 11.6 Å². The van der Waals surface area contributed by atoms with Gasteiger partial charge >= 0.3 is 0 Å². The molecule has 0 radical (unpaired) electrons. The number of rotatable bonds is 3. The zero-order valence-electron chi connectivity index (χ0n) is 18.0. The van der Waals surface area contributed by atoms with Gasteiger partial charge in [-0.15, -0.1) is 0 Å². The molecule has 1 aromatic carbocycles. The number of phenols is 1. The molecule has 1 aliphatic heterocycles. The first-order valence-corrected chi connectivity index (χ1v) is 11.8. The molecule has 3 aliphatic rings. The van der Waals surface area contributed by atoms with Crippen LogP contribution < -0.4 is 5.32 Å². The van der Waals surface area contributed by atoms with E-state index in [9.17, 15) is 5.11 Å². The minimum Gasteiger partial charge on any atom is -0.508 e. The summed E-state index contributed by atoms with van der Waals surface area (Å²) in [5.41, 5.74) is 0.918. The smallest absolute Gasteiger partial charge is 0.198 e. The lowest BCUT2D eigenvalue weighted by Crippen LogP contribution is -2.54. The zero-order valence-corrected chi connectivity index (χ0v) is 18.0. The van der Waals surface area contributed by atoms with Crippen molar-refractivity contribution in [3.8, 4) is 5.75 Å². The monoisotopic (exact) mass is 398 g/mol. The highest BCUT2D eigenvalue weighted by Crippen LogP contribution is 2.28. The second-order valence-corrected chi connectivity index (χ2v) is 9.27. The Morgan fingerprint density at radius 2 is 1.69 bits per heavy atom. The molecule has 2 aliphatic carbocycles. The summed E-state index contributed by atoms with van der Waals surface area (Å²) in [5, 5.41) is 13.4. The molecule has 5 heteroatoms. The van der Waals surface area contributed by atoms with Gasteiger partial charge in [-0.1, -0.05) is 45.1 Å². The van der Waals surface area contributed by atoms with Crippen LogP contribution in [0.1, 0.15) is 64.7 Å². The van der Waals surface area contributed by atoms with Gasteiger partial charge in [0.15, 0.2) is 5.96 Å². The maximum Gasteiger partial charge on any atom is 0.198 e. The molecule has 4 rings (SSSR count). The van der Waals surface area contributed by atoms with Crippen LogP contribution in [0.3, 0.4) is 0 Å². The number of anilines is 1. The Morgan fingerprint density at radius 3 is 2.41 bits per heavy atom. The molecule has 29 heavy (non-hydrogen) atoms. The van der Waals surface area contributed by atoms with Gasteiger partial charge in [0.25, 0.3) is 0 Å². The fraction of sp³-hybridized carbons (Fsp3) is 0.708. The van der Waals surface area contributed by atoms with E-state index in [4.69, 9.17) is 4.99 Å². The van der Waals surface area contributed by atoms with Gasteiger partial charge in [0, 0.05) is 44.0 Å². The van der Waals surface area contributed by atoms with Crippen LogP contribution in [0, 0.1) is 5.92 Å². The average molecular weight is 399 g/mol. The summed E-state index contributed by atoms with van der Waals surface area (Å²) in [7, 11) is 0. The van der Waals surface area contributed by atoms with Crippen LogP contribution in [0.2, 0.25) is 0 Å². The van der Waals surface area contributed by atoms with E-state index >= 15 is 0 Å². The maximum absolute atomic E-state index is 9.88. The van der Waals surface area contributed by atoms with Gasteiger partial charge < -0.3 is 15.3 Å². The predicted octanol–water partition coefficient (Wildman–Crippen LogP) is 4.69. The molecular weight excluding hydrogens is 360 g/mol. The van der Waals surface area contributed by atoms with Crippen LogP contribution in [0.25, 0.3) is 0 Å². The molecular formula is C24H38N4O. The summed E-state index contributed by atoms with van der Waals surface area (Å²) in [4.78, 5) is 10.4. The summed E-state index contributed by atoms with van der Waals surface area (Å²) in [6.45, 7) is 6.67. The Bertz CT molecular complexity index is 677. The maximum atomic E-state index is 9.88. The van der Waals surface area contributed by atoms with Crippen molar-refractivity contribution in [1.29, 1.82) is 0 Å². The van der Waals surface area contributed by atoms with Crippen molar-refractivity contribution in [3.63, 3.8) is 0 Å². The fourth-order valence-electron chi connectivity index (χ4n) is 5.30. The molecule has 1 saturated heterocycles. The number of hydrogen-bond acceptors (Lipinski definition) is 3. The number of benzene rings is 1. The van der Waals surface area contributed by atoms with E-state index in [1.807, 2.05) is 12.1 Å². The van der Waals surface area contributed by atoms with Crippen LogP contribution in [0.5, 0.6) is 5.75 Å². The average Bonchev–Trinajstić information content (AvgIpc) is 2.76. The lowest BCUT2D eigenvalue weighted by Gasteiger charge is -2.42. The second-order valence-electron chi connectivity index (χ2n) is 9.27. The first-order chi connectivity index (χ1) is 14.2. The molecule has 0 bridgehead atoms. The van der Waals surface area contributed by atoms with Gasteiger partial charge in [-0.05, 0) is 43.7 Å². The molecule has 2 N–H and O–H groups in total. The first-order valence-electron chi connectivity index (χ1n) is 11.8. The molecule has 2 atom stereocenters. The van der Waals surface area contributed by atoms with Crippen molar-refractivity contribution in [2.75, 3.05) is 31.5 Å². The molecule has 0 spiro atoms. The fourth-order valence-corrected chi connectivity index (χ4v) is 5.30. The molecule has 1 heterocycles. The van der Waals surface area contributed by atoms with Crippen LogP contribution >= 0.6 is 0 Å². The van der Waals surface area contributed by atoms with E-state index in [1.54, 1.807) is 12.1 Å². The molecule has 160 valence electrons. The van der Waals surface area contributed by atoms with Crippen LogP contribution in [-0.2, 0) is 0 Å². The number of piperazine rings is 1. The van der Waals surface area contributed by atoms with E-state index < -0.39 is 0 Å². The summed E-state index contributed by atoms with van der Waals surface area (Å²) >= 11 is 0. The topological polar surface area (TPSA) is 51.1 Å². The Hall–Kier alpha value is -1.75. The Kier molecular flexibility index (Phi) is 6.96. The first kappa shape index (κ1) is 20.5. The van der Waals surface area contributed by atoms with Crippen molar-refractivity contribution < 1.29 is 5.11 Å². The third kappa shape index (κ3) is 5.44. The third-order valence-corrected chi connectivity index (χ3v) is 7.16. The largest absolute Gasteiger partial charge is 0.508 e. The predicted molar refractivity (Wildman–Crippen MR) is 121 cm³/mol. The quantitative estimate of drug-likeness (QED) is 0.573.